The Morgan fingerprint density at radius 3 is 1.97 bits per heavy atom. The highest BCUT2D eigenvalue weighted by Crippen LogP contribution is 2.39. The van der Waals surface area contributed by atoms with Gasteiger partial charge in [-0.1, -0.05) is 0 Å². The molecule has 0 aliphatic carbocycles. The summed E-state index contributed by atoms with van der Waals surface area (Å²) in [5.41, 5.74) is -0.144. The van der Waals surface area contributed by atoms with E-state index in [4.69, 9.17) is 23.7 Å². The number of carbonyl (C=O) groups excluding carboxylic acids is 2. The zero-order valence-corrected chi connectivity index (χ0v) is 18.8. The van der Waals surface area contributed by atoms with Crippen LogP contribution in [0.15, 0.2) is 48.2 Å². The van der Waals surface area contributed by atoms with Gasteiger partial charge >= 0.3 is 5.97 Å². The predicted molar refractivity (Wildman–Crippen MR) is 119 cm³/mol. The Kier molecular flexibility index (Phi) is 6.47. The van der Waals surface area contributed by atoms with Crippen molar-refractivity contribution in [1.82, 2.24) is 0 Å². The van der Waals surface area contributed by atoms with E-state index in [0.29, 0.717) is 34.4 Å². The smallest absolute Gasteiger partial charge is 0.336 e. The number of anilines is 2. The van der Waals surface area contributed by atoms with Crippen LogP contribution in [0.4, 0.5) is 11.4 Å². The van der Waals surface area contributed by atoms with Crippen molar-refractivity contribution >= 4 is 23.3 Å². The number of hydrogen-bond acceptors (Lipinski definition) is 8. The largest absolute Gasteiger partial charge is 0.493 e. The van der Waals surface area contributed by atoms with E-state index in [1.165, 1.54) is 46.5 Å². The van der Waals surface area contributed by atoms with Gasteiger partial charge in [-0.3, -0.25) is 9.69 Å². The number of rotatable bonds is 8. The number of amides is 1. The highest BCUT2D eigenvalue weighted by Gasteiger charge is 2.49. The summed E-state index contributed by atoms with van der Waals surface area (Å²) in [6.07, 6.45) is 1.54. The molecular weight excluding hydrogens is 416 g/mol. The van der Waals surface area contributed by atoms with Crippen LogP contribution in [0.1, 0.15) is 6.92 Å². The lowest BCUT2D eigenvalue weighted by Gasteiger charge is -2.32. The number of ether oxygens (including phenoxy) is 5. The summed E-state index contributed by atoms with van der Waals surface area (Å²) < 4.78 is 26.2. The first-order valence-corrected chi connectivity index (χ1v) is 9.69. The minimum absolute atomic E-state index is 0.208. The lowest BCUT2D eigenvalue weighted by atomic mass is 10.0. The van der Waals surface area contributed by atoms with Gasteiger partial charge in [-0.05, 0) is 37.3 Å². The highest BCUT2D eigenvalue weighted by atomic mass is 16.5. The maximum absolute atomic E-state index is 13.4. The second-order valence-corrected chi connectivity index (χ2v) is 7.07. The van der Waals surface area contributed by atoms with Gasteiger partial charge in [0.15, 0.2) is 28.5 Å². The standard InChI is InChI=1S/C23H26N2O7/c1-23(22(27)32-6)13-16(24-14-7-9-17(28-2)19(11-14)30-4)21(26)25(23)15-8-10-18(29-3)20(12-15)31-5/h7-13,24H,1-6H3. The Labute approximate surface area is 186 Å². The van der Waals surface area contributed by atoms with Crippen LogP contribution in [0.25, 0.3) is 0 Å². The van der Waals surface area contributed by atoms with Gasteiger partial charge in [-0.25, -0.2) is 4.79 Å². The molecule has 0 spiro atoms. The van der Waals surface area contributed by atoms with Crippen LogP contribution in [0, 0.1) is 0 Å². The van der Waals surface area contributed by atoms with Crippen molar-refractivity contribution < 1.29 is 33.3 Å². The van der Waals surface area contributed by atoms with Crippen molar-refractivity contribution in [3.63, 3.8) is 0 Å². The van der Waals surface area contributed by atoms with Crippen molar-refractivity contribution in [1.29, 1.82) is 0 Å². The third kappa shape index (κ3) is 3.89. The van der Waals surface area contributed by atoms with Crippen LogP contribution >= 0.6 is 0 Å². The van der Waals surface area contributed by atoms with Crippen LogP contribution < -0.4 is 29.2 Å². The summed E-state index contributed by atoms with van der Waals surface area (Å²) in [6, 6.07) is 10.1. The molecule has 0 saturated carbocycles. The average Bonchev–Trinajstić information content (AvgIpc) is 3.07. The van der Waals surface area contributed by atoms with Crippen molar-refractivity contribution in [2.24, 2.45) is 0 Å². The molecule has 0 fully saturated rings. The fourth-order valence-corrected chi connectivity index (χ4v) is 3.60. The van der Waals surface area contributed by atoms with E-state index >= 15 is 0 Å². The lowest BCUT2D eigenvalue weighted by Crippen LogP contribution is -2.51. The molecule has 1 amide bonds. The number of methoxy groups -OCH3 is 5. The first kappa shape index (κ1) is 22.8. The molecule has 9 heteroatoms. The number of hydrogen-bond donors (Lipinski definition) is 1. The fourth-order valence-electron chi connectivity index (χ4n) is 3.60. The third-order valence-electron chi connectivity index (χ3n) is 5.21. The number of esters is 1. The van der Waals surface area contributed by atoms with Crippen LogP contribution in [0.3, 0.4) is 0 Å². The van der Waals surface area contributed by atoms with Gasteiger partial charge < -0.3 is 29.0 Å². The van der Waals surface area contributed by atoms with Gasteiger partial charge in [0.05, 0.1) is 35.5 Å². The fraction of sp³-hybridized carbons (Fsp3) is 0.304. The number of nitrogens with one attached hydrogen (secondary N) is 1. The molecule has 0 radical (unpaired) electrons. The second-order valence-electron chi connectivity index (χ2n) is 7.07. The van der Waals surface area contributed by atoms with E-state index in [1.54, 1.807) is 43.3 Å². The van der Waals surface area contributed by atoms with Crippen LogP contribution in [0.2, 0.25) is 0 Å². The zero-order valence-electron chi connectivity index (χ0n) is 18.8. The summed E-state index contributed by atoms with van der Waals surface area (Å²) in [4.78, 5) is 27.5. The lowest BCUT2D eigenvalue weighted by molar-refractivity contribution is -0.145. The van der Waals surface area contributed by atoms with E-state index in [0.717, 1.165) is 0 Å². The van der Waals surface area contributed by atoms with E-state index < -0.39 is 17.4 Å². The first-order chi connectivity index (χ1) is 15.3. The molecule has 1 N–H and O–H groups in total. The summed E-state index contributed by atoms with van der Waals surface area (Å²) in [5.74, 6) is 0.961. The molecule has 1 heterocycles. The Hall–Kier alpha value is -3.88. The molecule has 0 aromatic heterocycles. The maximum Gasteiger partial charge on any atom is 0.336 e. The predicted octanol–water partition coefficient (Wildman–Crippen LogP) is 3.00. The van der Waals surface area contributed by atoms with E-state index in [1.807, 2.05) is 0 Å². The van der Waals surface area contributed by atoms with E-state index in [9.17, 15) is 9.59 Å². The van der Waals surface area contributed by atoms with Crippen molar-refractivity contribution in [2.45, 2.75) is 12.5 Å². The topological polar surface area (TPSA) is 95.6 Å². The van der Waals surface area contributed by atoms with Crippen molar-refractivity contribution in [2.75, 3.05) is 45.8 Å². The molecule has 2 aromatic carbocycles. The minimum atomic E-state index is -1.38. The van der Waals surface area contributed by atoms with Gasteiger partial charge in [-0.15, -0.1) is 0 Å². The number of carbonyl (C=O) groups is 2. The molecule has 1 atom stereocenters. The second kappa shape index (κ2) is 9.09. The molecule has 1 aliphatic rings. The molecule has 32 heavy (non-hydrogen) atoms. The van der Waals surface area contributed by atoms with Crippen molar-refractivity contribution in [3.05, 3.63) is 48.2 Å². The summed E-state index contributed by atoms with van der Waals surface area (Å²) in [7, 11) is 7.35. The van der Waals surface area contributed by atoms with Gasteiger partial charge in [0, 0.05) is 23.5 Å². The van der Waals surface area contributed by atoms with Crippen molar-refractivity contribution in [3.8, 4) is 23.0 Å². The quantitative estimate of drug-likeness (QED) is 0.624. The van der Waals surface area contributed by atoms with Gasteiger partial charge in [0.1, 0.15) is 5.70 Å². The molecule has 1 unspecified atom stereocenters. The molecule has 1 aliphatic heterocycles. The molecule has 0 bridgehead atoms. The number of nitrogens with zero attached hydrogens (tertiary/aromatic N) is 1. The van der Waals surface area contributed by atoms with Crippen LogP contribution in [0.5, 0.6) is 23.0 Å². The molecule has 9 nitrogen and oxygen atoms in total. The Balaban J connectivity index is 2.03. The van der Waals surface area contributed by atoms with E-state index in [2.05, 4.69) is 5.32 Å². The summed E-state index contributed by atoms with van der Waals surface area (Å²) >= 11 is 0. The molecular formula is C23H26N2O7. The third-order valence-corrected chi connectivity index (χ3v) is 5.21. The van der Waals surface area contributed by atoms with E-state index in [-0.39, 0.29) is 5.70 Å². The Morgan fingerprint density at radius 1 is 0.844 bits per heavy atom. The zero-order chi connectivity index (χ0) is 23.5. The molecule has 170 valence electrons. The Morgan fingerprint density at radius 2 is 1.41 bits per heavy atom. The highest BCUT2D eigenvalue weighted by molar-refractivity contribution is 6.16. The number of benzene rings is 2. The minimum Gasteiger partial charge on any atom is -0.493 e. The Bertz CT molecular complexity index is 1070. The maximum atomic E-state index is 13.4. The van der Waals surface area contributed by atoms with Crippen LogP contribution in [-0.4, -0.2) is 53.0 Å². The molecule has 3 rings (SSSR count). The molecule has 2 aromatic rings. The summed E-state index contributed by atoms with van der Waals surface area (Å²) in [6.45, 7) is 1.61. The molecule has 0 saturated heterocycles. The SMILES string of the molecule is COC(=O)C1(C)C=C(Nc2ccc(OC)c(OC)c2)C(=O)N1c1ccc(OC)c(OC)c1. The monoisotopic (exact) mass is 442 g/mol. The first-order valence-electron chi connectivity index (χ1n) is 9.69. The normalized spacial score (nSPS) is 17.5. The summed E-state index contributed by atoms with van der Waals surface area (Å²) in [5, 5.41) is 3.07. The van der Waals surface area contributed by atoms with Gasteiger partial charge in [-0.2, -0.15) is 0 Å². The van der Waals surface area contributed by atoms with Gasteiger partial charge in [0.2, 0.25) is 0 Å². The van der Waals surface area contributed by atoms with Crippen LogP contribution in [-0.2, 0) is 14.3 Å². The average molecular weight is 442 g/mol. The van der Waals surface area contributed by atoms with Gasteiger partial charge in [0.25, 0.3) is 5.91 Å².